The maximum atomic E-state index is 9.95. The molecule has 0 spiro atoms. The third-order valence-corrected chi connectivity index (χ3v) is 4.51. The van der Waals surface area contributed by atoms with Crippen LogP contribution in [0.15, 0.2) is 66.7 Å². The normalized spacial score (nSPS) is 12.8. The van der Waals surface area contributed by atoms with Crippen molar-refractivity contribution in [1.82, 2.24) is 4.98 Å². The Kier molecular flexibility index (Phi) is 4.82. The molecule has 0 fully saturated rings. The highest BCUT2D eigenvalue weighted by Gasteiger charge is 2.22. The summed E-state index contributed by atoms with van der Waals surface area (Å²) in [4.78, 5) is 4.61. The third kappa shape index (κ3) is 4.02. The van der Waals surface area contributed by atoms with Gasteiger partial charge in [0.15, 0.2) is 0 Å². The molecule has 0 saturated heterocycles. The van der Waals surface area contributed by atoms with E-state index in [0.29, 0.717) is 5.15 Å². The quantitative estimate of drug-likeness (QED) is 0.594. The second-order valence-electron chi connectivity index (χ2n) is 7.29. The van der Waals surface area contributed by atoms with E-state index < -0.39 is 0 Å². The number of phenols is 1. The number of nitrogens with zero attached hydrogens (tertiary/aromatic N) is 1. The van der Waals surface area contributed by atoms with Crippen molar-refractivity contribution in [3.8, 4) is 5.75 Å². The first kappa shape index (κ1) is 17.5. The molecule has 1 unspecified atom stereocenters. The van der Waals surface area contributed by atoms with E-state index in [2.05, 4.69) is 44.0 Å². The van der Waals surface area contributed by atoms with Gasteiger partial charge in [0.2, 0.25) is 0 Å². The van der Waals surface area contributed by atoms with Crippen molar-refractivity contribution in [2.24, 2.45) is 0 Å². The standard InChI is InChI=1S/C22H22ClNO/c1-22(2,3)17-13-19(24-20(23)14-17)21(15-8-5-4-6-9-15)16-10-7-11-18(25)12-16/h4-14,21,25H,1-3H3. The van der Waals surface area contributed by atoms with Gasteiger partial charge < -0.3 is 5.11 Å². The fourth-order valence-corrected chi connectivity index (χ4v) is 3.20. The molecule has 0 aliphatic heterocycles. The number of aromatic hydroxyl groups is 1. The third-order valence-electron chi connectivity index (χ3n) is 4.31. The first-order valence-corrected chi connectivity index (χ1v) is 8.74. The van der Waals surface area contributed by atoms with Gasteiger partial charge in [0.25, 0.3) is 0 Å². The number of phenolic OH excluding ortho intramolecular Hbond substituents is 1. The van der Waals surface area contributed by atoms with Crippen LogP contribution in [0, 0.1) is 0 Å². The first-order chi connectivity index (χ1) is 11.8. The molecule has 0 bridgehead atoms. The molecule has 1 heterocycles. The van der Waals surface area contributed by atoms with E-state index in [1.165, 1.54) is 0 Å². The summed E-state index contributed by atoms with van der Waals surface area (Å²) >= 11 is 6.35. The van der Waals surface area contributed by atoms with Gasteiger partial charge >= 0.3 is 0 Å². The van der Waals surface area contributed by atoms with Gasteiger partial charge in [-0.2, -0.15) is 0 Å². The van der Waals surface area contributed by atoms with Crippen LogP contribution in [0.5, 0.6) is 5.75 Å². The minimum Gasteiger partial charge on any atom is -0.508 e. The van der Waals surface area contributed by atoms with Crippen LogP contribution in [0.25, 0.3) is 0 Å². The van der Waals surface area contributed by atoms with Crippen LogP contribution >= 0.6 is 11.6 Å². The molecule has 25 heavy (non-hydrogen) atoms. The highest BCUT2D eigenvalue weighted by molar-refractivity contribution is 6.29. The molecule has 0 saturated carbocycles. The van der Waals surface area contributed by atoms with Crippen LogP contribution in [-0.4, -0.2) is 10.1 Å². The van der Waals surface area contributed by atoms with Gasteiger partial charge in [0, 0.05) is 0 Å². The van der Waals surface area contributed by atoms with Gasteiger partial charge in [0.05, 0.1) is 11.6 Å². The Hall–Kier alpha value is -2.32. The molecule has 0 radical (unpaired) electrons. The van der Waals surface area contributed by atoms with Gasteiger partial charge in [0.1, 0.15) is 10.9 Å². The number of benzene rings is 2. The molecule has 0 amide bonds. The maximum Gasteiger partial charge on any atom is 0.129 e. The smallest absolute Gasteiger partial charge is 0.129 e. The molecular weight excluding hydrogens is 330 g/mol. The number of hydrogen-bond donors (Lipinski definition) is 1. The second kappa shape index (κ2) is 6.89. The second-order valence-corrected chi connectivity index (χ2v) is 7.68. The minimum absolute atomic E-state index is 0.0264. The lowest BCUT2D eigenvalue weighted by atomic mass is 9.83. The number of rotatable bonds is 3. The Morgan fingerprint density at radius 2 is 1.56 bits per heavy atom. The van der Waals surface area contributed by atoms with E-state index in [1.807, 2.05) is 36.4 Å². The molecule has 0 aliphatic rings. The SMILES string of the molecule is CC(C)(C)c1cc(Cl)nc(C(c2ccccc2)c2cccc(O)c2)c1. The van der Waals surface area contributed by atoms with E-state index in [4.69, 9.17) is 11.6 Å². The molecule has 3 rings (SSSR count). The van der Waals surface area contributed by atoms with Gasteiger partial charge in [-0.15, -0.1) is 0 Å². The van der Waals surface area contributed by atoms with Crippen molar-refractivity contribution in [2.75, 3.05) is 0 Å². The fraction of sp³-hybridized carbons (Fsp3) is 0.227. The van der Waals surface area contributed by atoms with Crippen molar-refractivity contribution >= 4 is 11.6 Å². The Bertz CT molecular complexity index is 869. The molecule has 2 nitrogen and oxygen atoms in total. The number of hydrogen-bond acceptors (Lipinski definition) is 2. The summed E-state index contributed by atoms with van der Waals surface area (Å²) in [6.07, 6.45) is 0. The molecule has 2 aromatic carbocycles. The lowest BCUT2D eigenvalue weighted by Gasteiger charge is -2.23. The summed E-state index contributed by atoms with van der Waals surface area (Å²) in [5, 5.41) is 10.4. The number of aromatic nitrogens is 1. The fourth-order valence-electron chi connectivity index (χ4n) is 2.98. The van der Waals surface area contributed by atoms with E-state index in [0.717, 1.165) is 22.4 Å². The van der Waals surface area contributed by atoms with Gasteiger partial charge in [-0.3, -0.25) is 0 Å². The van der Waals surface area contributed by atoms with Crippen LogP contribution in [-0.2, 0) is 5.41 Å². The largest absolute Gasteiger partial charge is 0.508 e. The maximum absolute atomic E-state index is 9.95. The van der Waals surface area contributed by atoms with Crippen molar-refractivity contribution in [3.63, 3.8) is 0 Å². The van der Waals surface area contributed by atoms with Crippen molar-refractivity contribution < 1.29 is 5.11 Å². The highest BCUT2D eigenvalue weighted by atomic mass is 35.5. The molecule has 1 N–H and O–H groups in total. The summed E-state index contributed by atoms with van der Waals surface area (Å²) in [6.45, 7) is 6.48. The number of pyridine rings is 1. The van der Waals surface area contributed by atoms with E-state index in [1.54, 1.807) is 12.1 Å². The topological polar surface area (TPSA) is 33.1 Å². The van der Waals surface area contributed by atoms with Crippen LogP contribution in [0.2, 0.25) is 5.15 Å². The van der Waals surface area contributed by atoms with Gasteiger partial charge in [-0.05, 0) is 46.4 Å². The zero-order valence-corrected chi connectivity index (χ0v) is 15.5. The monoisotopic (exact) mass is 351 g/mol. The predicted molar refractivity (Wildman–Crippen MR) is 103 cm³/mol. The minimum atomic E-state index is -0.0897. The average Bonchev–Trinajstić information content (AvgIpc) is 2.55. The van der Waals surface area contributed by atoms with E-state index >= 15 is 0 Å². The number of halogens is 1. The zero-order valence-electron chi connectivity index (χ0n) is 14.7. The molecule has 0 aliphatic carbocycles. The summed E-state index contributed by atoms with van der Waals surface area (Å²) in [6, 6.07) is 21.6. The van der Waals surface area contributed by atoms with Crippen molar-refractivity contribution in [1.29, 1.82) is 0 Å². The van der Waals surface area contributed by atoms with E-state index in [-0.39, 0.29) is 17.1 Å². The summed E-state index contributed by atoms with van der Waals surface area (Å²) in [7, 11) is 0. The molecular formula is C22H22ClNO. The summed E-state index contributed by atoms with van der Waals surface area (Å²) in [5.41, 5.74) is 4.10. The molecule has 3 aromatic rings. The molecule has 3 heteroatoms. The van der Waals surface area contributed by atoms with Crippen LogP contribution in [0.3, 0.4) is 0 Å². The average molecular weight is 352 g/mol. The van der Waals surface area contributed by atoms with Crippen LogP contribution in [0.1, 0.15) is 49.1 Å². The van der Waals surface area contributed by atoms with Crippen LogP contribution < -0.4 is 0 Å². The Labute approximate surface area is 154 Å². The van der Waals surface area contributed by atoms with Crippen LogP contribution in [0.4, 0.5) is 0 Å². The lowest BCUT2D eigenvalue weighted by Crippen LogP contribution is -2.14. The lowest BCUT2D eigenvalue weighted by molar-refractivity contribution is 0.474. The summed E-state index contributed by atoms with van der Waals surface area (Å²) < 4.78 is 0. The Morgan fingerprint density at radius 1 is 0.880 bits per heavy atom. The molecule has 1 aromatic heterocycles. The first-order valence-electron chi connectivity index (χ1n) is 8.36. The van der Waals surface area contributed by atoms with E-state index in [9.17, 15) is 5.11 Å². The highest BCUT2D eigenvalue weighted by Crippen LogP contribution is 2.35. The Balaban J connectivity index is 2.21. The Morgan fingerprint density at radius 3 is 2.20 bits per heavy atom. The van der Waals surface area contributed by atoms with Gasteiger partial charge in [-0.1, -0.05) is 74.8 Å². The zero-order chi connectivity index (χ0) is 18.0. The van der Waals surface area contributed by atoms with Crippen molar-refractivity contribution in [3.05, 3.63) is 94.3 Å². The summed E-state index contributed by atoms with van der Waals surface area (Å²) in [5.74, 6) is 0.157. The van der Waals surface area contributed by atoms with Crippen molar-refractivity contribution in [2.45, 2.75) is 32.1 Å². The molecule has 1 atom stereocenters. The van der Waals surface area contributed by atoms with Gasteiger partial charge in [-0.25, -0.2) is 4.98 Å². The molecule has 128 valence electrons. The predicted octanol–water partition coefficient (Wildman–Crippen LogP) is 5.92.